The number of likely N-dealkylation sites (tertiary alicyclic amines) is 1. The second-order valence-electron chi connectivity index (χ2n) is 4.48. The Morgan fingerprint density at radius 2 is 2.31 bits per heavy atom. The summed E-state index contributed by atoms with van der Waals surface area (Å²) >= 11 is 0. The van der Waals surface area contributed by atoms with Gasteiger partial charge < -0.3 is 10.1 Å². The predicted molar refractivity (Wildman–Crippen MR) is 64.4 cm³/mol. The van der Waals surface area contributed by atoms with Crippen molar-refractivity contribution in [3.8, 4) is 0 Å². The lowest BCUT2D eigenvalue weighted by atomic mass is 9.97. The van der Waals surface area contributed by atoms with Crippen LogP contribution in [0.15, 0.2) is 0 Å². The molecule has 0 saturated carbocycles. The lowest BCUT2D eigenvalue weighted by Crippen LogP contribution is -2.49. The van der Waals surface area contributed by atoms with Gasteiger partial charge in [-0.15, -0.1) is 0 Å². The largest absolute Gasteiger partial charge is 0.468 e. The first-order chi connectivity index (χ1) is 7.70. The Labute approximate surface area is 98.3 Å². The fourth-order valence-electron chi connectivity index (χ4n) is 2.46. The maximum atomic E-state index is 11.6. The fourth-order valence-corrected chi connectivity index (χ4v) is 2.46. The summed E-state index contributed by atoms with van der Waals surface area (Å²) in [7, 11) is 3.43. The molecule has 1 saturated heterocycles. The van der Waals surface area contributed by atoms with Gasteiger partial charge in [0.2, 0.25) is 0 Å². The van der Waals surface area contributed by atoms with E-state index in [1.54, 1.807) is 0 Å². The first-order valence-electron chi connectivity index (χ1n) is 6.19. The van der Waals surface area contributed by atoms with Crippen molar-refractivity contribution in [2.75, 3.05) is 27.2 Å². The molecule has 2 atom stereocenters. The van der Waals surface area contributed by atoms with Crippen LogP contribution >= 0.6 is 0 Å². The van der Waals surface area contributed by atoms with Gasteiger partial charge in [0, 0.05) is 6.04 Å². The van der Waals surface area contributed by atoms with E-state index in [9.17, 15) is 4.79 Å². The number of hydrogen-bond acceptors (Lipinski definition) is 4. The van der Waals surface area contributed by atoms with Crippen molar-refractivity contribution in [1.82, 2.24) is 10.2 Å². The van der Waals surface area contributed by atoms with Crippen molar-refractivity contribution in [3.63, 3.8) is 0 Å². The SMILES string of the molecule is CNCCC1CCCCN1C(C)C(=O)OC. The van der Waals surface area contributed by atoms with Crippen LogP contribution < -0.4 is 5.32 Å². The van der Waals surface area contributed by atoms with Crippen LogP contribution in [0.4, 0.5) is 0 Å². The highest BCUT2D eigenvalue weighted by molar-refractivity contribution is 5.75. The van der Waals surface area contributed by atoms with Gasteiger partial charge in [-0.05, 0) is 46.3 Å². The molecule has 94 valence electrons. The van der Waals surface area contributed by atoms with Crippen LogP contribution in [0.3, 0.4) is 0 Å². The minimum absolute atomic E-state index is 0.104. The molecular weight excluding hydrogens is 204 g/mol. The summed E-state index contributed by atoms with van der Waals surface area (Å²) in [5.41, 5.74) is 0. The average Bonchev–Trinajstić information content (AvgIpc) is 2.34. The molecule has 1 heterocycles. The third-order valence-corrected chi connectivity index (χ3v) is 3.44. The van der Waals surface area contributed by atoms with E-state index in [0.717, 1.165) is 19.5 Å². The molecule has 4 nitrogen and oxygen atoms in total. The molecule has 2 unspecified atom stereocenters. The van der Waals surface area contributed by atoms with Crippen LogP contribution in [0.5, 0.6) is 0 Å². The van der Waals surface area contributed by atoms with Gasteiger partial charge in [0.1, 0.15) is 6.04 Å². The Morgan fingerprint density at radius 3 is 2.94 bits per heavy atom. The van der Waals surface area contributed by atoms with Gasteiger partial charge in [-0.25, -0.2) is 0 Å². The molecule has 0 aliphatic carbocycles. The van der Waals surface area contributed by atoms with Crippen LogP contribution in [-0.2, 0) is 9.53 Å². The van der Waals surface area contributed by atoms with Crippen LogP contribution in [0, 0.1) is 0 Å². The molecule has 0 bridgehead atoms. The molecule has 0 spiro atoms. The standard InChI is InChI=1S/C12H24N2O2/c1-10(12(15)16-3)14-9-5-4-6-11(14)7-8-13-2/h10-11,13H,4-9H2,1-3H3. The maximum absolute atomic E-state index is 11.6. The normalized spacial score (nSPS) is 24.1. The number of esters is 1. The van der Waals surface area contributed by atoms with E-state index in [2.05, 4.69) is 10.2 Å². The third-order valence-electron chi connectivity index (χ3n) is 3.44. The van der Waals surface area contributed by atoms with Crippen molar-refractivity contribution >= 4 is 5.97 Å². The van der Waals surface area contributed by atoms with Gasteiger partial charge in [-0.1, -0.05) is 6.42 Å². The van der Waals surface area contributed by atoms with Gasteiger partial charge in [0.15, 0.2) is 0 Å². The lowest BCUT2D eigenvalue weighted by molar-refractivity contribution is -0.148. The minimum atomic E-state index is -0.114. The Morgan fingerprint density at radius 1 is 1.56 bits per heavy atom. The van der Waals surface area contributed by atoms with Crippen molar-refractivity contribution in [1.29, 1.82) is 0 Å². The van der Waals surface area contributed by atoms with E-state index >= 15 is 0 Å². The number of methoxy groups -OCH3 is 1. The first-order valence-corrected chi connectivity index (χ1v) is 6.19. The summed E-state index contributed by atoms with van der Waals surface area (Å²) < 4.78 is 4.82. The second kappa shape index (κ2) is 6.86. The molecule has 16 heavy (non-hydrogen) atoms. The monoisotopic (exact) mass is 228 g/mol. The summed E-state index contributed by atoms with van der Waals surface area (Å²) in [4.78, 5) is 13.8. The lowest BCUT2D eigenvalue weighted by Gasteiger charge is -2.38. The Kier molecular flexibility index (Phi) is 5.77. The highest BCUT2D eigenvalue weighted by Crippen LogP contribution is 2.22. The Balaban J connectivity index is 2.54. The number of hydrogen-bond donors (Lipinski definition) is 1. The van der Waals surface area contributed by atoms with Gasteiger partial charge in [-0.2, -0.15) is 0 Å². The van der Waals surface area contributed by atoms with Gasteiger partial charge in [-0.3, -0.25) is 9.69 Å². The number of carbonyl (C=O) groups excluding carboxylic acids is 1. The Hall–Kier alpha value is -0.610. The summed E-state index contributed by atoms with van der Waals surface area (Å²) in [5, 5.41) is 3.17. The molecule has 0 radical (unpaired) electrons. The molecule has 1 aliphatic heterocycles. The highest BCUT2D eigenvalue weighted by atomic mass is 16.5. The van der Waals surface area contributed by atoms with Crippen molar-refractivity contribution in [2.45, 2.75) is 44.7 Å². The van der Waals surface area contributed by atoms with Crippen LogP contribution in [-0.4, -0.2) is 50.2 Å². The van der Waals surface area contributed by atoms with Crippen LogP contribution in [0.1, 0.15) is 32.6 Å². The molecule has 0 amide bonds. The molecular formula is C12H24N2O2. The fraction of sp³-hybridized carbons (Fsp3) is 0.917. The zero-order valence-electron chi connectivity index (χ0n) is 10.7. The number of carbonyl (C=O) groups is 1. The molecule has 1 aliphatic rings. The molecule has 4 heteroatoms. The van der Waals surface area contributed by atoms with Gasteiger partial charge in [0.25, 0.3) is 0 Å². The smallest absolute Gasteiger partial charge is 0.322 e. The number of nitrogens with zero attached hydrogens (tertiary/aromatic N) is 1. The molecule has 0 aromatic rings. The summed E-state index contributed by atoms with van der Waals surface area (Å²) in [6.45, 7) is 3.98. The number of rotatable bonds is 5. The topological polar surface area (TPSA) is 41.6 Å². The maximum Gasteiger partial charge on any atom is 0.322 e. The third kappa shape index (κ3) is 3.46. The van der Waals surface area contributed by atoms with E-state index in [-0.39, 0.29) is 12.0 Å². The van der Waals surface area contributed by atoms with Crippen molar-refractivity contribution in [3.05, 3.63) is 0 Å². The zero-order valence-corrected chi connectivity index (χ0v) is 10.7. The molecule has 1 fully saturated rings. The van der Waals surface area contributed by atoms with Gasteiger partial charge >= 0.3 is 5.97 Å². The summed E-state index contributed by atoms with van der Waals surface area (Å²) in [6.07, 6.45) is 4.77. The van der Waals surface area contributed by atoms with E-state index < -0.39 is 0 Å². The van der Waals surface area contributed by atoms with Crippen molar-refractivity contribution < 1.29 is 9.53 Å². The molecule has 0 aromatic carbocycles. The van der Waals surface area contributed by atoms with E-state index in [1.807, 2.05) is 14.0 Å². The summed E-state index contributed by atoms with van der Waals surface area (Å²) in [6, 6.07) is 0.419. The van der Waals surface area contributed by atoms with Crippen molar-refractivity contribution in [2.24, 2.45) is 0 Å². The highest BCUT2D eigenvalue weighted by Gasteiger charge is 2.30. The first kappa shape index (κ1) is 13.5. The van der Waals surface area contributed by atoms with E-state index in [0.29, 0.717) is 6.04 Å². The van der Waals surface area contributed by atoms with E-state index in [1.165, 1.54) is 26.4 Å². The second-order valence-corrected chi connectivity index (χ2v) is 4.48. The number of ether oxygens (including phenoxy) is 1. The zero-order chi connectivity index (χ0) is 12.0. The summed E-state index contributed by atoms with van der Waals surface area (Å²) in [5.74, 6) is -0.114. The molecule has 1 rings (SSSR count). The minimum Gasteiger partial charge on any atom is -0.468 e. The van der Waals surface area contributed by atoms with E-state index in [4.69, 9.17) is 4.74 Å². The van der Waals surface area contributed by atoms with Gasteiger partial charge in [0.05, 0.1) is 7.11 Å². The van der Waals surface area contributed by atoms with Crippen LogP contribution in [0.25, 0.3) is 0 Å². The van der Waals surface area contributed by atoms with Crippen LogP contribution in [0.2, 0.25) is 0 Å². The quantitative estimate of drug-likeness (QED) is 0.713. The molecule has 1 N–H and O–H groups in total. The number of nitrogens with one attached hydrogen (secondary N) is 1. The average molecular weight is 228 g/mol. The molecule has 0 aromatic heterocycles. The predicted octanol–water partition coefficient (Wildman–Crippen LogP) is 1.01. The number of piperidine rings is 1. The Bertz CT molecular complexity index is 221.